The number of aromatic nitrogens is 2. The Bertz CT molecular complexity index is 2640. The van der Waals surface area contributed by atoms with Gasteiger partial charge in [-0.15, -0.1) is 0 Å². The van der Waals surface area contributed by atoms with Crippen LogP contribution in [0.5, 0.6) is 28.7 Å². The molecule has 69 heavy (non-hydrogen) atoms. The lowest BCUT2D eigenvalue weighted by atomic mass is 9.66. The number of guanidine groups is 1. The molecule has 1 aliphatic carbocycles. The number of anilines is 1. The molecule has 7 heterocycles. The molecule has 0 radical (unpaired) electrons. The summed E-state index contributed by atoms with van der Waals surface area (Å²) in [5.41, 5.74) is 11.7. The van der Waals surface area contributed by atoms with E-state index < -0.39 is 12.2 Å². The fourth-order valence-electron chi connectivity index (χ4n) is 11.4. The Balaban J connectivity index is 0.817. The van der Waals surface area contributed by atoms with Crippen molar-refractivity contribution in [3.8, 4) is 28.7 Å². The van der Waals surface area contributed by atoms with Gasteiger partial charge in [0.15, 0.2) is 29.0 Å². The average Bonchev–Trinajstić information content (AvgIpc) is 3.95. The highest BCUT2D eigenvalue weighted by molar-refractivity contribution is 5.83. The van der Waals surface area contributed by atoms with Gasteiger partial charge < -0.3 is 55.5 Å². The number of aromatic hydroxyl groups is 3. The van der Waals surface area contributed by atoms with Crippen LogP contribution in [0.25, 0.3) is 0 Å². The van der Waals surface area contributed by atoms with E-state index in [-0.39, 0.29) is 71.4 Å². The van der Waals surface area contributed by atoms with Crippen molar-refractivity contribution in [3.63, 3.8) is 0 Å². The Labute approximate surface area is 402 Å². The zero-order chi connectivity index (χ0) is 47.5. The van der Waals surface area contributed by atoms with E-state index in [2.05, 4.69) is 42.8 Å². The second-order valence-electron chi connectivity index (χ2n) is 19.3. The predicted octanol–water partition coefficient (Wildman–Crippen LogP) is 7.10. The molecule has 3 saturated heterocycles. The summed E-state index contributed by atoms with van der Waals surface area (Å²) in [6.45, 7) is 2.30. The molecule has 0 amide bonds. The van der Waals surface area contributed by atoms with Crippen LogP contribution in [0, 0.1) is 5.92 Å². The Hall–Kier alpha value is -6.81. The van der Waals surface area contributed by atoms with Crippen LogP contribution in [0.15, 0.2) is 107 Å². The summed E-state index contributed by atoms with van der Waals surface area (Å²) >= 11 is 0. The number of nitrogen functional groups attached to an aromatic ring is 1. The fourth-order valence-corrected chi connectivity index (χ4v) is 11.4. The molecule has 5 aliphatic heterocycles. The number of carbonyl (C=O) groups excluding carboxylic acids is 1. The van der Waals surface area contributed by atoms with Gasteiger partial charge in [0.1, 0.15) is 24.2 Å². The number of carbonyl (C=O) groups is 1. The number of nitrogens with one attached hydrogen (secondary N) is 2. The lowest BCUT2D eigenvalue weighted by Gasteiger charge is -2.58. The van der Waals surface area contributed by atoms with E-state index in [0.717, 1.165) is 79.7 Å². The highest BCUT2D eigenvalue weighted by Gasteiger charge is 2.55. The number of phenolic OH excluding ortho intramolecular Hbond substituents is 3. The molecule has 4 fully saturated rings. The zero-order valence-corrected chi connectivity index (χ0v) is 39.0. The number of nitrogens with zero attached hydrogens (tertiary/aromatic N) is 5. The Morgan fingerprint density at radius 3 is 2.72 bits per heavy atom. The van der Waals surface area contributed by atoms with Crippen LogP contribution in [-0.4, -0.2) is 97.5 Å². The van der Waals surface area contributed by atoms with E-state index in [1.54, 1.807) is 30.7 Å². The Morgan fingerprint density at radius 2 is 1.87 bits per heavy atom. The first-order valence-electron chi connectivity index (χ1n) is 24.5. The molecule has 16 nitrogen and oxygen atoms in total. The van der Waals surface area contributed by atoms with Gasteiger partial charge in [-0.05, 0) is 129 Å². The highest BCUT2D eigenvalue weighted by Crippen LogP contribution is 2.49. The number of benzene rings is 2. The summed E-state index contributed by atoms with van der Waals surface area (Å²) in [5.74, 6) is 1.23. The number of fused-ring (bicyclic) bond motifs is 6. The molecule has 1 saturated carbocycles. The second-order valence-corrected chi connectivity index (χ2v) is 19.3. The summed E-state index contributed by atoms with van der Waals surface area (Å²) in [6, 6.07) is 16.7. The van der Waals surface area contributed by atoms with Crippen LogP contribution in [0.3, 0.4) is 0 Å². The van der Waals surface area contributed by atoms with Crippen molar-refractivity contribution >= 4 is 24.0 Å². The lowest BCUT2D eigenvalue weighted by molar-refractivity contribution is -0.160. The van der Waals surface area contributed by atoms with Gasteiger partial charge in [0.2, 0.25) is 5.75 Å². The molecule has 2 aromatic carbocycles. The molecule has 6 aliphatic rings. The topological polar surface area (TPSA) is 218 Å². The zero-order valence-electron chi connectivity index (χ0n) is 39.0. The summed E-state index contributed by atoms with van der Waals surface area (Å²) in [4.78, 5) is 32.8. The number of ether oxygens (including phenoxy) is 4. The SMILES string of the molecule is CC(=O)OC1CC(CCc2ccc(O)c(OC3CCCC4(C3)NC(=NCCCc3ccnc(N)c3)NC3C4CCC4C5=CC=NC5=CN43)c2)OC(c2cc(O)c(O)c(OCCc3cccnc3)c2)C1. The van der Waals surface area contributed by atoms with Gasteiger partial charge in [-0.2, -0.15) is 0 Å². The highest BCUT2D eigenvalue weighted by atomic mass is 16.6. The van der Waals surface area contributed by atoms with Crippen LogP contribution in [0.2, 0.25) is 0 Å². The van der Waals surface area contributed by atoms with E-state index in [9.17, 15) is 20.1 Å². The number of hydrogen-bond donors (Lipinski definition) is 6. The minimum absolute atomic E-state index is 0.0356. The van der Waals surface area contributed by atoms with Gasteiger partial charge in [-0.25, -0.2) is 4.98 Å². The molecular weight excluding hydrogens is 877 g/mol. The van der Waals surface area contributed by atoms with Crippen molar-refractivity contribution in [1.82, 2.24) is 25.5 Å². The van der Waals surface area contributed by atoms with Crippen LogP contribution in [0.4, 0.5) is 5.82 Å². The minimum atomic E-state index is -0.541. The van der Waals surface area contributed by atoms with Crippen molar-refractivity contribution < 1.29 is 39.1 Å². The second kappa shape index (κ2) is 20.0. The molecule has 0 bridgehead atoms. The number of phenols is 3. The number of allylic oxidation sites excluding steroid dienone is 1. The van der Waals surface area contributed by atoms with Crippen molar-refractivity contribution in [1.29, 1.82) is 0 Å². The number of aryl methyl sites for hydroxylation is 2. The summed E-state index contributed by atoms with van der Waals surface area (Å²) in [5, 5.41) is 40.5. The standard InChI is InChI=1S/C53H62N8O8/c1-32(62)67-39-27-37(68-46(28-39)36-25-45(64)50(65)48(26-36)66-22-16-35-6-3-18-55-30-35)10-8-34-9-13-44(63)47(23-34)69-38-7-2-17-53(29-38)41-11-12-43-40-15-21-56-42(40)31-61(43)51(41)59-52(60-53)58-19-4-5-33-14-20-57-49(54)24-33/h3,6,9,13-15,18,20-21,23-26,30-31,37-39,41,43,46,51,63-65H,2,4-5,7-8,10-12,16-17,19,22,27-29H2,1H3,(H2,54,57)(H2,58,59,60). The summed E-state index contributed by atoms with van der Waals surface area (Å²) < 4.78 is 25.2. The van der Waals surface area contributed by atoms with Crippen LogP contribution < -0.4 is 25.8 Å². The first kappa shape index (κ1) is 45.9. The third-order valence-corrected chi connectivity index (χ3v) is 14.6. The maximum absolute atomic E-state index is 12.2. The fraction of sp³-hybridized carbons (Fsp3) is 0.453. The van der Waals surface area contributed by atoms with Gasteiger partial charge in [0.05, 0.1) is 36.1 Å². The predicted molar refractivity (Wildman–Crippen MR) is 260 cm³/mol. The Kier molecular flexibility index (Phi) is 13.3. The quantitative estimate of drug-likeness (QED) is 0.0398. The molecule has 4 aromatic rings. The van der Waals surface area contributed by atoms with E-state index in [4.69, 9.17) is 29.7 Å². The van der Waals surface area contributed by atoms with E-state index in [1.165, 1.54) is 18.6 Å². The molecule has 10 rings (SSSR count). The van der Waals surface area contributed by atoms with Gasteiger partial charge in [-0.1, -0.05) is 12.1 Å². The number of rotatable bonds is 15. The lowest BCUT2D eigenvalue weighted by Crippen LogP contribution is -2.74. The Morgan fingerprint density at radius 1 is 0.971 bits per heavy atom. The average molecular weight is 939 g/mol. The summed E-state index contributed by atoms with van der Waals surface area (Å²) in [6.07, 6.45) is 20.1. The molecule has 8 unspecified atom stereocenters. The molecule has 8 atom stereocenters. The number of pyridine rings is 2. The van der Waals surface area contributed by atoms with Gasteiger partial charge in [-0.3, -0.25) is 19.8 Å². The van der Waals surface area contributed by atoms with E-state index in [1.807, 2.05) is 42.6 Å². The third kappa shape index (κ3) is 10.3. The van der Waals surface area contributed by atoms with Gasteiger partial charge in [0, 0.05) is 81.6 Å². The van der Waals surface area contributed by atoms with Crippen LogP contribution in [0.1, 0.15) is 99.5 Å². The molecule has 362 valence electrons. The van der Waals surface area contributed by atoms with Crippen LogP contribution in [-0.2, 0) is 33.5 Å². The smallest absolute Gasteiger partial charge is 0.302 e. The molecular formula is C53H62N8O8. The van der Waals surface area contributed by atoms with Gasteiger partial charge in [0.25, 0.3) is 0 Å². The number of aliphatic imine (C=N–C) groups is 2. The first-order chi connectivity index (χ1) is 33.6. The number of nitrogens with two attached hydrogens (primary N) is 1. The molecule has 1 spiro atoms. The van der Waals surface area contributed by atoms with E-state index >= 15 is 0 Å². The normalized spacial score (nSPS) is 27.3. The molecule has 7 N–H and O–H groups in total. The maximum Gasteiger partial charge on any atom is 0.302 e. The number of hydrogen-bond acceptors (Lipinski definition) is 14. The molecule has 16 heteroatoms. The molecule has 2 aromatic heterocycles. The van der Waals surface area contributed by atoms with Gasteiger partial charge >= 0.3 is 5.97 Å². The van der Waals surface area contributed by atoms with Crippen molar-refractivity contribution in [2.24, 2.45) is 15.9 Å². The minimum Gasteiger partial charge on any atom is -0.504 e. The maximum atomic E-state index is 12.2. The van der Waals surface area contributed by atoms with Crippen molar-refractivity contribution in [2.75, 3.05) is 18.9 Å². The number of esters is 1. The monoisotopic (exact) mass is 938 g/mol. The third-order valence-electron chi connectivity index (χ3n) is 14.6. The van der Waals surface area contributed by atoms with Crippen LogP contribution >= 0.6 is 0 Å². The first-order valence-corrected chi connectivity index (χ1v) is 24.5. The number of piperidine rings is 1. The largest absolute Gasteiger partial charge is 0.504 e. The summed E-state index contributed by atoms with van der Waals surface area (Å²) in [7, 11) is 0. The van der Waals surface area contributed by atoms with Crippen molar-refractivity contribution in [3.05, 3.63) is 119 Å². The van der Waals surface area contributed by atoms with E-state index in [0.29, 0.717) is 55.8 Å². The van der Waals surface area contributed by atoms with Crippen molar-refractivity contribution in [2.45, 2.75) is 133 Å².